The van der Waals surface area contributed by atoms with Crippen molar-refractivity contribution in [1.29, 1.82) is 0 Å². The van der Waals surface area contributed by atoms with Crippen molar-refractivity contribution in [3.05, 3.63) is 11.5 Å². The summed E-state index contributed by atoms with van der Waals surface area (Å²) in [5.74, 6) is 0.335. The first-order chi connectivity index (χ1) is 7.90. The molecule has 1 aromatic rings. The normalized spacial score (nSPS) is 22.2. The van der Waals surface area contributed by atoms with Crippen LogP contribution in [0.15, 0.2) is 9.42 Å². The topological polar surface area (TPSA) is 75.4 Å². The molecule has 1 aliphatic rings. The third-order valence-electron chi connectivity index (χ3n) is 2.95. The first kappa shape index (κ1) is 12.5. The van der Waals surface area contributed by atoms with Crippen molar-refractivity contribution in [2.24, 2.45) is 0 Å². The Kier molecular flexibility index (Phi) is 3.24. The molecule has 0 aromatic carbocycles. The lowest BCUT2D eigenvalue weighted by Gasteiger charge is -2.12. The average molecular weight is 259 g/mol. The zero-order chi connectivity index (χ0) is 12.6. The Morgan fingerprint density at radius 3 is 2.65 bits per heavy atom. The number of sulfonamides is 1. The van der Waals surface area contributed by atoms with Gasteiger partial charge in [0.2, 0.25) is 10.0 Å². The second-order valence-corrected chi connectivity index (χ2v) is 6.17. The Labute approximate surface area is 101 Å². The van der Waals surface area contributed by atoms with E-state index >= 15 is 0 Å². The van der Waals surface area contributed by atoms with Crippen LogP contribution in [0, 0.1) is 13.8 Å². The van der Waals surface area contributed by atoms with Crippen molar-refractivity contribution in [3.8, 4) is 0 Å². The Balaban J connectivity index is 2.20. The molecule has 1 N–H and O–H groups in total. The summed E-state index contributed by atoms with van der Waals surface area (Å²) in [6.07, 6.45) is 0.832. The minimum atomic E-state index is -3.52. The van der Waals surface area contributed by atoms with Crippen molar-refractivity contribution in [1.82, 2.24) is 14.8 Å². The number of hydrogen-bond acceptors (Lipinski definition) is 5. The van der Waals surface area contributed by atoms with Gasteiger partial charge in [-0.05, 0) is 33.9 Å². The lowest BCUT2D eigenvalue weighted by Crippen LogP contribution is -2.36. The molecule has 1 atom stereocenters. The highest BCUT2D eigenvalue weighted by Gasteiger charge is 2.29. The van der Waals surface area contributed by atoms with E-state index in [1.54, 1.807) is 13.8 Å². The van der Waals surface area contributed by atoms with E-state index in [0.717, 1.165) is 19.5 Å². The summed E-state index contributed by atoms with van der Waals surface area (Å²) < 4.78 is 31.9. The van der Waals surface area contributed by atoms with Crippen LogP contribution in [0.3, 0.4) is 0 Å². The van der Waals surface area contributed by atoms with Crippen LogP contribution in [0.25, 0.3) is 0 Å². The number of nitrogens with zero attached hydrogens (tertiary/aromatic N) is 2. The fourth-order valence-corrected chi connectivity index (χ4v) is 3.76. The minimum Gasteiger partial charge on any atom is -0.360 e. The predicted molar refractivity (Wildman–Crippen MR) is 62.2 cm³/mol. The van der Waals surface area contributed by atoms with Gasteiger partial charge in [0.15, 0.2) is 5.76 Å². The molecule has 0 saturated carbocycles. The molecule has 17 heavy (non-hydrogen) atoms. The van der Waals surface area contributed by atoms with Crippen molar-refractivity contribution in [2.45, 2.75) is 31.2 Å². The highest BCUT2D eigenvalue weighted by atomic mass is 32.2. The molecule has 0 aliphatic carbocycles. The standard InChI is InChI=1S/C10H17N3O3S/c1-7-10(8(2)16-11-7)17(14,15)12-9-4-5-13(3)6-9/h9,12H,4-6H2,1-3H3. The van der Waals surface area contributed by atoms with Crippen LogP contribution in [0.2, 0.25) is 0 Å². The van der Waals surface area contributed by atoms with Gasteiger partial charge in [-0.15, -0.1) is 0 Å². The summed E-state index contributed by atoms with van der Waals surface area (Å²) in [6.45, 7) is 4.89. The molecule has 96 valence electrons. The van der Waals surface area contributed by atoms with Gasteiger partial charge in [0, 0.05) is 12.6 Å². The van der Waals surface area contributed by atoms with E-state index in [2.05, 4.69) is 14.8 Å². The minimum absolute atomic E-state index is 0.0290. The molecule has 7 heteroatoms. The molecule has 2 heterocycles. The summed E-state index contributed by atoms with van der Waals surface area (Å²) in [5.41, 5.74) is 0.404. The molecule has 0 amide bonds. The van der Waals surface area contributed by atoms with E-state index < -0.39 is 10.0 Å². The highest BCUT2D eigenvalue weighted by molar-refractivity contribution is 7.89. The molecule has 0 bridgehead atoms. The van der Waals surface area contributed by atoms with Crippen molar-refractivity contribution >= 4 is 10.0 Å². The van der Waals surface area contributed by atoms with Crippen LogP contribution in [0.4, 0.5) is 0 Å². The summed E-state index contributed by atoms with van der Waals surface area (Å²) in [5, 5.41) is 3.67. The summed E-state index contributed by atoms with van der Waals surface area (Å²) in [6, 6.07) is -0.0290. The van der Waals surface area contributed by atoms with Crippen LogP contribution < -0.4 is 4.72 Å². The largest absolute Gasteiger partial charge is 0.360 e. The number of rotatable bonds is 3. The predicted octanol–water partition coefficient (Wildman–Crippen LogP) is 0.274. The Bertz CT molecular complexity index is 489. The third-order valence-corrected chi connectivity index (χ3v) is 4.71. The van der Waals surface area contributed by atoms with Crippen LogP contribution in [-0.2, 0) is 10.0 Å². The molecule has 1 aromatic heterocycles. The first-order valence-corrected chi connectivity index (χ1v) is 7.02. The second-order valence-electron chi connectivity index (χ2n) is 4.52. The van der Waals surface area contributed by atoms with Crippen molar-refractivity contribution < 1.29 is 12.9 Å². The Morgan fingerprint density at radius 2 is 2.18 bits per heavy atom. The van der Waals surface area contributed by atoms with E-state index in [0.29, 0.717) is 11.5 Å². The number of aryl methyl sites for hydroxylation is 2. The monoisotopic (exact) mass is 259 g/mol. The van der Waals surface area contributed by atoms with Crippen molar-refractivity contribution in [3.63, 3.8) is 0 Å². The van der Waals surface area contributed by atoms with Crippen LogP contribution in [-0.4, -0.2) is 44.7 Å². The van der Waals surface area contributed by atoms with Crippen molar-refractivity contribution in [2.75, 3.05) is 20.1 Å². The van der Waals surface area contributed by atoms with Gasteiger partial charge in [-0.2, -0.15) is 0 Å². The van der Waals surface area contributed by atoms with Crippen LogP contribution in [0.5, 0.6) is 0 Å². The number of likely N-dealkylation sites (N-methyl/N-ethyl adjacent to an activating group) is 1. The van der Waals surface area contributed by atoms with Gasteiger partial charge in [-0.1, -0.05) is 5.16 Å². The maximum Gasteiger partial charge on any atom is 0.246 e. The fourth-order valence-electron chi connectivity index (χ4n) is 2.17. The first-order valence-electron chi connectivity index (χ1n) is 5.54. The number of aromatic nitrogens is 1. The van der Waals surface area contributed by atoms with E-state index in [1.165, 1.54) is 0 Å². The lowest BCUT2D eigenvalue weighted by atomic mass is 10.3. The molecule has 1 fully saturated rings. The van der Waals surface area contributed by atoms with Gasteiger partial charge >= 0.3 is 0 Å². The Hall–Kier alpha value is -0.920. The zero-order valence-corrected chi connectivity index (χ0v) is 11.0. The maximum atomic E-state index is 12.2. The van der Waals surface area contributed by atoms with Crippen LogP contribution >= 0.6 is 0 Å². The number of hydrogen-bond donors (Lipinski definition) is 1. The van der Waals surface area contributed by atoms with E-state index in [4.69, 9.17) is 4.52 Å². The average Bonchev–Trinajstić information content (AvgIpc) is 2.73. The van der Waals surface area contributed by atoms with E-state index in [1.807, 2.05) is 7.05 Å². The fraction of sp³-hybridized carbons (Fsp3) is 0.700. The zero-order valence-electron chi connectivity index (χ0n) is 10.2. The SMILES string of the molecule is Cc1noc(C)c1S(=O)(=O)NC1CCN(C)C1. The summed E-state index contributed by atoms with van der Waals surface area (Å²) in [4.78, 5) is 2.27. The van der Waals surface area contributed by atoms with Gasteiger partial charge in [-0.3, -0.25) is 0 Å². The lowest BCUT2D eigenvalue weighted by molar-refractivity contribution is 0.390. The highest BCUT2D eigenvalue weighted by Crippen LogP contribution is 2.20. The second kappa shape index (κ2) is 4.40. The van der Waals surface area contributed by atoms with Gasteiger partial charge in [-0.25, -0.2) is 13.1 Å². The van der Waals surface area contributed by atoms with Crippen LogP contribution in [0.1, 0.15) is 17.9 Å². The summed E-state index contributed by atoms with van der Waals surface area (Å²) >= 11 is 0. The van der Waals surface area contributed by atoms with E-state index in [9.17, 15) is 8.42 Å². The van der Waals surface area contributed by atoms with E-state index in [-0.39, 0.29) is 10.9 Å². The molecule has 1 unspecified atom stereocenters. The molecule has 0 spiro atoms. The van der Waals surface area contributed by atoms with Gasteiger partial charge < -0.3 is 9.42 Å². The quantitative estimate of drug-likeness (QED) is 0.843. The van der Waals surface area contributed by atoms with Gasteiger partial charge in [0.1, 0.15) is 10.6 Å². The van der Waals surface area contributed by atoms with Gasteiger partial charge in [0.25, 0.3) is 0 Å². The Morgan fingerprint density at radius 1 is 1.47 bits per heavy atom. The number of nitrogens with one attached hydrogen (secondary N) is 1. The number of likely N-dealkylation sites (tertiary alicyclic amines) is 1. The molecule has 0 radical (unpaired) electrons. The third kappa shape index (κ3) is 2.51. The molecule has 2 rings (SSSR count). The molecular weight excluding hydrogens is 242 g/mol. The maximum absolute atomic E-state index is 12.2. The smallest absolute Gasteiger partial charge is 0.246 e. The molecule has 1 aliphatic heterocycles. The molecule has 1 saturated heterocycles. The molecule has 6 nitrogen and oxygen atoms in total. The van der Waals surface area contributed by atoms with Gasteiger partial charge in [0.05, 0.1) is 0 Å². The summed E-state index contributed by atoms with van der Waals surface area (Å²) in [7, 11) is -1.54. The molecular formula is C10H17N3O3S.